The second-order valence-electron chi connectivity index (χ2n) is 8.67. The van der Waals surface area contributed by atoms with Crippen LogP contribution in [0, 0.1) is 0 Å². The summed E-state index contributed by atoms with van der Waals surface area (Å²) in [6.07, 6.45) is 10.1. The first-order valence-electron chi connectivity index (χ1n) is 11.4. The number of benzene rings is 1. The molecule has 1 amide bonds. The van der Waals surface area contributed by atoms with Crippen molar-refractivity contribution in [2.45, 2.75) is 70.1 Å². The number of thiocarbonyl (C=S) groups is 1. The van der Waals surface area contributed by atoms with Gasteiger partial charge in [-0.25, -0.2) is 4.79 Å². The average molecular weight is 428 g/mol. The number of ether oxygens (including phenoxy) is 1. The molecular weight excluding hydrogens is 394 g/mol. The number of piperidine rings is 1. The molecule has 3 aliphatic rings. The van der Waals surface area contributed by atoms with Crippen molar-refractivity contribution in [2.24, 2.45) is 0 Å². The van der Waals surface area contributed by atoms with E-state index in [-0.39, 0.29) is 24.3 Å². The summed E-state index contributed by atoms with van der Waals surface area (Å²) in [5.41, 5.74) is 2.64. The van der Waals surface area contributed by atoms with E-state index in [4.69, 9.17) is 17.0 Å². The summed E-state index contributed by atoms with van der Waals surface area (Å²) >= 11 is 5.63. The first-order chi connectivity index (χ1) is 14.6. The van der Waals surface area contributed by atoms with Crippen molar-refractivity contribution in [3.8, 4) is 0 Å². The van der Waals surface area contributed by atoms with Gasteiger partial charge in [-0.1, -0.05) is 42.0 Å². The molecule has 1 N–H and O–H groups in total. The van der Waals surface area contributed by atoms with Gasteiger partial charge in [-0.15, -0.1) is 0 Å². The first-order valence-corrected chi connectivity index (χ1v) is 11.8. The maximum atomic E-state index is 12.6. The summed E-state index contributed by atoms with van der Waals surface area (Å²) in [7, 11) is 0. The van der Waals surface area contributed by atoms with Gasteiger partial charge >= 0.3 is 6.09 Å². The lowest BCUT2D eigenvalue weighted by atomic mass is 9.97. The molecule has 0 bridgehead atoms. The minimum Gasteiger partial charge on any atom is -0.439 e. The number of nitrogens with one attached hydrogen (secondary N) is 1. The molecule has 5 nitrogen and oxygen atoms in total. The average Bonchev–Trinajstić information content (AvgIpc) is 3.09. The maximum Gasteiger partial charge on any atom is 0.411 e. The van der Waals surface area contributed by atoms with E-state index in [9.17, 15) is 4.79 Å². The zero-order valence-electron chi connectivity index (χ0n) is 17.9. The zero-order valence-corrected chi connectivity index (χ0v) is 18.7. The van der Waals surface area contributed by atoms with E-state index >= 15 is 0 Å². The van der Waals surface area contributed by atoms with Gasteiger partial charge in [-0.05, 0) is 69.7 Å². The fraction of sp³-hybridized carbons (Fsp3) is 0.583. The molecule has 2 fully saturated rings. The Hall–Kier alpha value is -2.08. The topological polar surface area (TPSA) is 44.8 Å². The highest BCUT2D eigenvalue weighted by Gasteiger charge is 2.44. The van der Waals surface area contributed by atoms with E-state index in [0.717, 1.165) is 49.6 Å². The molecule has 2 saturated heterocycles. The van der Waals surface area contributed by atoms with Crippen molar-refractivity contribution >= 4 is 23.4 Å². The highest BCUT2D eigenvalue weighted by molar-refractivity contribution is 7.80. The molecule has 0 saturated carbocycles. The van der Waals surface area contributed by atoms with Crippen molar-refractivity contribution in [3.63, 3.8) is 0 Å². The molecule has 0 aromatic heterocycles. The van der Waals surface area contributed by atoms with Crippen LogP contribution in [0.3, 0.4) is 0 Å². The standard InChI is InChI=1S/C24H33N3O2S/c1-18-22(20-10-6-3-7-11-20)29-24(28)27(18)21-13-16-26(17-14-21)23(30)25-15-12-19-8-4-2-5-9-19/h3,6-8,10-11,18,21-22H,2,4-5,9,12-17H2,1H3,(H,25,30)/t18-,22-/m0/s1. The smallest absolute Gasteiger partial charge is 0.411 e. The third kappa shape index (κ3) is 4.80. The minimum absolute atomic E-state index is 0.0466. The van der Waals surface area contributed by atoms with Crippen LogP contribution in [0.1, 0.15) is 63.5 Å². The lowest BCUT2D eigenvalue weighted by Gasteiger charge is -2.38. The van der Waals surface area contributed by atoms with Crippen LogP contribution >= 0.6 is 12.2 Å². The highest BCUT2D eigenvalue weighted by atomic mass is 32.1. The fourth-order valence-corrected chi connectivity index (χ4v) is 5.26. The van der Waals surface area contributed by atoms with Gasteiger partial charge in [-0.2, -0.15) is 0 Å². The van der Waals surface area contributed by atoms with Crippen LogP contribution < -0.4 is 5.32 Å². The molecule has 1 aliphatic carbocycles. The van der Waals surface area contributed by atoms with Crippen LogP contribution in [0.2, 0.25) is 0 Å². The third-order valence-electron chi connectivity index (χ3n) is 6.70. The number of rotatable bonds is 5. The molecule has 2 heterocycles. The van der Waals surface area contributed by atoms with Crippen molar-refractivity contribution in [1.29, 1.82) is 0 Å². The van der Waals surface area contributed by atoms with Gasteiger partial charge in [-0.3, -0.25) is 4.90 Å². The number of amides is 1. The zero-order chi connectivity index (χ0) is 20.9. The second kappa shape index (κ2) is 9.82. The van der Waals surface area contributed by atoms with E-state index in [2.05, 4.69) is 23.2 Å². The van der Waals surface area contributed by atoms with E-state index in [1.807, 2.05) is 35.2 Å². The van der Waals surface area contributed by atoms with E-state index in [1.165, 1.54) is 25.7 Å². The molecule has 6 heteroatoms. The van der Waals surface area contributed by atoms with E-state index in [0.29, 0.717) is 0 Å². The van der Waals surface area contributed by atoms with Gasteiger partial charge in [0.1, 0.15) is 6.10 Å². The second-order valence-corrected chi connectivity index (χ2v) is 9.06. The number of hydrogen-bond acceptors (Lipinski definition) is 3. The lowest BCUT2D eigenvalue weighted by Crippen LogP contribution is -2.51. The number of likely N-dealkylation sites (tertiary alicyclic amines) is 1. The van der Waals surface area contributed by atoms with Crippen LogP contribution in [-0.2, 0) is 4.74 Å². The Balaban J connectivity index is 1.25. The van der Waals surface area contributed by atoms with Crippen molar-refractivity contribution in [3.05, 3.63) is 47.5 Å². The van der Waals surface area contributed by atoms with Crippen LogP contribution in [0.15, 0.2) is 42.0 Å². The molecular formula is C24H33N3O2S. The number of nitrogens with zero attached hydrogens (tertiary/aromatic N) is 2. The fourth-order valence-electron chi connectivity index (χ4n) is 4.97. The summed E-state index contributed by atoms with van der Waals surface area (Å²) in [5, 5.41) is 4.29. The van der Waals surface area contributed by atoms with Gasteiger partial charge in [0.25, 0.3) is 0 Å². The molecule has 30 heavy (non-hydrogen) atoms. The Bertz CT molecular complexity index is 774. The molecule has 0 unspecified atom stereocenters. The lowest BCUT2D eigenvalue weighted by molar-refractivity contribution is 0.120. The van der Waals surface area contributed by atoms with Crippen LogP contribution in [-0.4, -0.2) is 52.7 Å². The third-order valence-corrected chi connectivity index (χ3v) is 7.10. The molecule has 2 atom stereocenters. The molecule has 0 spiro atoms. The van der Waals surface area contributed by atoms with E-state index < -0.39 is 0 Å². The van der Waals surface area contributed by atoms with Gasteiger partial charge in [0.2, 0.25) is 0 Å². The number of carbonyl (C=O) groups excluding carboxylic acids is 1. The highest BCUT2D eigenvalue weighted by Crippen LogP contribution is 2.35. The summed E-state index contributed by atoms with van der Waals surface area (Å²) in [6, 6.07) is 10.3. The molecule has 162 valence electrons. The summed E-state index contributed by atoms with van der Waals surface area (Å²) in [5.74, 6) is 0. The van der Waals surface area contributed by atoms with Gasteiger partial charge < -0.3 is 15.0 Å². The Labute approximate surface area is 185 Å². The van der Waals surface area contributed by atoms with Crippen LogP contribution in [0.25, 0.3) is 0 Å². The van der Waals surface area contributed by atoms with Gasteiger partial charge in [0.05, 0.1) is 6.04 Å². The van der Waals surface area contributed by atoms with E-state index in [1.54, 1.807) is 5.57 Å². The van der Waals surface area contributed by atoms with Crippen molar-refractivity contribution in [1.82, 2.24) is 15.1 Å². The SMILES string of the molecule is C[C@H]1[C@@H](c2ccccc2)OC(=O)N1C1CCN(C(=S)NCCC2=CCCCC2)CC1. The number of hydrogen-bond donors (Lipinski definition) is 1. The van der Waals surface area contributed by atoms with Crippen molar-refractivity contribution < 1.29 is 9.53 Å². The molecule has 4 rings (SSSR count). The molecule has 2 aliphatic heterocycles. The van der Waals surface area contributed by atoms with Crippen LogP contribution in [0.4, 0.5) is 4.79 Å². The number of carbonyl (C=O) groups is 1. The summed E-state index contributed by atoms with van der Waals surface area (Å²) in [4.78, 5) is 16.8. The minimum atomic E-state index is -0.187. The number of cyclic esters (lactones) is 1. The Morgan fingerprint density at radius 2 is 1.97 bits per heavy atom. The van der Waals surface area contributed by atoms with Crippen LogP contribution in [0.5, 0.6) is 0 Å². The normalized spacial score (nSPS) is 25.1. The largest absolute Gasteiger partial charge is 0.439 e. The monoisotopic (exact) mass is 427 g/mol. The Morgan fingerprint density at radius 3 is 2.67 bits per heavy atom. The Morgan fingerprint density at radius 1 is 1.20 bits per heavy atom. The number of allylic oxidation sites excluding steroid dienone is 1. The van der Waals surface area contributed by atoms with Crippen molar-refractivity contribution in [2.75, 3.05) is 19.6 Å². The summed E-state index contributed by atoms with van der Waals surface area (Å²) < 4.78 is 5.74. The molecule has 0 radical (unpaired) electrons. The predicted molar refractivity (Wildman–Crippen MR) is 123 cm³/mol. The Kier molecular flexibility index (Phi) is 6.93. The van der Waals surface area contributed by atoms with Gasteiger partial charge in [0.15, 0.2) is 5.11 Å². The molecule has 1 aromatic carbocycles. The van der Waals surface area contributed by atoms with Gasteiger partial charge in [0, 0.05) is 25.7 Å². The first kappa shape index (κ1) is 21.2. The summed E-state index contributed by atoms with van der Waals surface area (Å²) in [6.45, 7) is 4.78. The molecule has 1 aromatic rings. The maximum absolute atomic E-state index is 12.6. The quantitative estimate of drug-likeness (QED) is 0.540. The predicted octanol–water partition coefficient (Wildman–Crippen LogP) is 4.80.